The maximum Gasteiger partial charge on any atom is 0.341 e. The molecule has 0 bridgehead atoms. The maximum atomic E-state index is 5.45. The summed E-state index contributed by atoms with van der Waals surface area (Å²) in [7, 11) is 0. The topological polar surface area (TPSA) is 55.0 Å². The lowest BCUT2D eigenvalue weighted by Crippen LogP contribution is -2.40. The van der Waals surface area contributed by atoms with Crippen LogP contribution >= 0.6 is 0 Å². The van der Waals surface area contributed by atoms with Gasteiger partial charge in [-0.05, 0) is 18.8 Å². The van der Waals surface area contributed by atoms with Gasteiger partial charge in [-0.2, -0.15) is 0 Å². The number of piperidine rings is 1. The molecule has 0 aromatic rings. The molecule has 0 saturated carbocycles. The van der Waals surface area contributed by atoms with Crippen molar-refractivity contribution in [2.45, 2.75) is 19.8 Å². The molecular weight excluding hydrogens is 126 g/mol. The van der Waals surface area contributed by atoms with Gasteiger partial charge in [0.1, 0.15) is 0 Å². The third-order valence-electron chi connectivity index (χ3n) is 2.02. The van der Waals surface area contributed by atoms with Gasteiger partial charge >= 0.3 is 5.96 Å². The summed E-state index contributed by atoms with van der Waals surface area (Å²) in [6.07, 6.45) is 2.53. The highest BCUT2D eigenvalue weighted by Crippen LogP contribution is 2.11. The zero-order valence-corrected chi connectivity index (χ0v) is 6.51. The van der Waals surface area contributed by atoms with Crippen LogP contribution in [0.1, 0.15) is 19.8 Å². The second-order valence-electron chi connectivity index (χ2n) is 3.12. The Balaban J connectivity index is 2.55. The van der Waals surface area contributed by atoms with E-state index in [1.54, 1.807) is 0 Å². The minimum absolute atomic E-state index is 0.478. The van der Waals surface area contributed by atoms with Crippen LogP contribution in [0.15, 0.2) is 0 Å². The minimum atomic E-state index is 0.478. The third-order valence-corrected chi connectivity index (χ3v) is 2.02. The molecule has 58 valence electrons. The molecule has 4 N–H and O–H groups in total. The summed E-state index contributed by atoms with van der Waals surface area (Å²) < 4.78 is 2.05. The Bertz CT molecular complexity index is 147. The van der Waals surface area contributed by atoms with Gasteiger partial charge in [-0.3, -0.25) is 16.0 Å². The van der Waals surface area contributed by atoms with Crippen LogP contribution < -0.4 is 11.5 Å². The molecule has 1 atom stereocenters. The van der Waals surface area contributed by atoms with Crippen molar-refractivity contribution in [3.05, 3.63) is 0 Å². The summed E-state index contributed by atoms with van der Waals surface area (Å²) >= 11 is 0. The first-order valence-electron chi connectivity index (χ1n) is 3.83. The van der Waals surface area contributed by atoms with E-state index < -0.39 is 0 Å². The highest BCUT2D eigenvalue weighted by Gasteiger charge is 2.15. The van der Waals surface area contributed by atoms with Gasteiger partial charge in [0, 0.05) is 0 Å². The highest BCUT2D eigenvalue weighted by molar-refractivity contribution is 5.70. The lowest BCUT2D eigenvalue weighted by atomic mass is 10.0. The Morgan fingerprint density at radius 2 is 2.20 bits per heavy atom. The summed E-state index contributed by atoms with van der Waals surface area (Å²) in [5, 5.41) is 0. The van der Waals surface area contributed by atoms with Gasteiger partial charge in [0.25, 0.3) is 0 Å². The standard InChI is InChI=1S/C7H15N3/c1-6-3-2-4-10(5-6)7(8)9/h6H,2-5H2,1H3,(H3,8,9)/p+1/t6-/m1/s1. The van der Waals surface area contributed by atoms with E-state index in [1.165, 1.54) is 12.8 Å². The van der Waals surface area contributed by atoms with Crippen molar-refractivity contribution in [3.63, 3.8) is 0 Å². The van der Waals surface area contributed by atoms with E-state index in [4.69, 9.17) is 11.5 Å². The summed E-state index contributed by atoms with van der Waals surface area (Å²) in [5.41, 5.74) is 10.9. The van der Waals surface area contributed by atoms with Crippen molar-refractivity contribution in [2.75, 3.05) is 13.1 Å². The van der Waals surface area contributed by atoms with Crippen LogP contribution in [0, 0.1) is 5.92 Å². The van der Waals surface area contributed by atoms with Crippen LogP contribution in [-0.4, -0.2) is 23.6 Å². The molecule has 1 saturated heterocycles. The second-order valence-corrected chi connectivity index (χ2v) is 3.12. The maximum absolute atomic E-state index is 5.45. The van der Waals surface area contributed by atoms with Crippen LogP contribution in [0.3, 0.4) is 0 Å². The fraction of sp³-hybridized carbons (Fsp3) is 0.857. The van der Waals surface area contributed by atoms with Gasteiger partial charge < -0.3 is 0 Å². The normalized spacial score (nSPS) is 26.5. The van der Waals surface area contributed by atoms with Crippen molar-refractivity contribution in [3.8, 4) is 0 Å². The molecule has 0 aromatic heterocycles. The molecule has 0 radical (unpaired) electrons. The summed E-state index contributed by atoms with van der Waals surface area (Å²) in [6.45, 7) is 4.30. The molecule has 1 fully saturated rings. The van der Waals surface area contributed by atoms with Gasteiger partial charge in [0.15, 0.2) is 0 Å². The Labute approximate surface area is 61.7 Å². The van der Waals surface area contributed by atoms with E-state index >= 15 is 0 Å². The largest absolute Gasteiger partial charge is 0.341 e. The van der Waals surface area contributed by atoms with Crippen molar-refractivity contribution in [1.82, 2.24) is 0 Å². The quantitative estimate of drug-likeness (QED) is 0.360. The van der Waals surface area contributed by atoms with Crippen molar-refractivity contribution in [2.24, 2.45) is 17.4 Å². The zero-order valence-electron chi connectivity index (χ0n) is 6.51. The van der Waals surface area contributed by atoms with E-state index in [0.29, 0.717) is 5.96 Å². The summed E-state index contributed by atoms with van der Waals surface area (Å²) in [6, 6.07) is 0. The van der Waals surface area contributed by atoms with Crippen LogP contribution in [0.5, 0.6) is 0 Å². The predicted octanol–water partition coefficient (Wildman–Crippen LogP) is -0.298. The number of nitrogens with two attached hydrogens (primary N) is 2. The lowest BCUT2D eigenvalue weighted by Gasteiger charge is -2.20. The van der Waals surface area contributed by atoms with Crippen LogP contribution in [0.25, 0.3) is 0 Å². The predicted molar refractivity (Wildman–Crippen MR) is 41.8 cm³/mol. The molecule has 0 unspecified atom stereocenters. The number of hydrogen-bond donors (Lipinski definition) is 2. The Hall–Kier alpha value is -0.730. The molecule has 0 aromatic carbocycles. The van der Waals surface area contributed by atoms with Crippen LogP contribution in [-0.2, 0) is 0 Å². The van der Waals surface area contributed by atoms with Crippen LogP contribution in [0.2, 0.25) is 0 Å². The molecule has 1 aliphatic rings. The third kappa shape index (κ3) is 1.62. The monoisotopic (exact) mass is 142 g/mol. The Morgan fingerprint density at radius 3 is 2.60 bits per heavy atom. The number of guanidine groups is 1. The van der Waals surface area contributed by atoms with Gasteiger partial charge in [0.05, 0.1) is 13.1 Å². The van der Waals surface area contributed by atoms with Crippen LogP contribution in [0.4, 0.5) is 0 Å². The minimum Gasteiger partial charge on any atom is -0.291 e. The Morgan fingerprint density at radius 1 is 1.50 bits per heavy atom. The summed E-state index contributed by atoms with van der Waals surface area (Å²) in [5.74, 6) is 1.22. The molecule has 0 spiro atoms. The highest BCUT2D eigenvalue weighted by atomic mass is 15.1. The zero-order chi connectivity index (χ0) is 7.56. The average Bonchev–Trinajstić information content (AvgIpc) is 1.88. The molecule has 10 heavy (non-hydrogen) atoms. The first-order chi connectivity index (χ1) is 4.70. The molecule has 1 aliphatic heterocycles. The molecule has 3 nitrogen and oxygen atoms in total. The molecule has 1 heterocycles. The van der Waals surface area contributed by atoms with Gasteiger partial charge in [0.2, 0.25) is 0 Å². The molecule has 3 heteroatoms. The van der Waals surface area contributed by atoms with E-state index in [0.717, 1.165) is 19.0 Å². The molecule has 0 amide bonds. The van der Waals surface area contributed by atoms with E-state index in [1.807, 2.05) is 4.58 Å². The van der Waals surface area contributed by atoms with E-state index in [9.17, 15) is 0 Å². The van der Waals surface area contributed by atoms with E-state index in [-0.39, 0.29) is 0 Å². The van der Waals surface area contributed by atoms with Gasteiger partial charge in [-0.1, -0.05) is 6.92 Å². The van der Waals surface area contributed by atoms with Gasteiger partial charge in [-0.25, -0.2) is 0 Å². The number of rotatable bonds is 0. The Kier molecular flexibility index (Phi) is 2.14. The van der Waals surface area contributed by atoms with Crippen molar-refractivity contribution >= 4 is 5.96 Å². The molecule has 1 rings (SSSR count). The number of nitrogens with zero attached hydrogens (tertiary/aromatic N) is 1. The molecule has 0 aliphatic carbocycles. The average molecular weight is 142 g/mol. The lowest BCUT2D eigenvalue weighted by molar-refractivity contribution is -0.546. The SMILES string of the molecule is C[C@@H]1CCC[N+](=C(N)N)C1. The van der Waals surface area contributed by atoms with E-state index in [2.05, 4.69) is 6.92 Å². The first-order valence-corrected chi connectivity index (χ1v) is 3.83. The van der Waals surface area contributed by atoms with Crippen molar-refractivity contribution < 1.29 is 4.58 Å². The number of hydrogen-bond acceptors (Lipinski definition) is 0. The first kappa shape index (κ1) is 7.38. The van der Waals surface area contributed by atoms with Gasteiger partial charge in [-0.15, -0.1) is 0 Å². The fourth-order valence-corrected chi connectivity index (χ4v) is 1.42. The molecular formula is C7H16N3+. The fourth-order valence-electron chi connectivity index (χ4n) is 1.42. The van der Waals surface area contributed by atoms with Crippen molar-refractivity contribution in [1.29, 1.82) is 0 Å². The smallest absolute Gasteiger partial charge is 0.291 e. The second kappa shape index (κ2) is 2.90. The summed E-state index contributed by atoms with van der Waals surface area (Å²) in [4.78, 5) is 0.